The molecule has 0 aromatic heterocycles. The molecule has 5 rings (SSSR count). The van der Waals surface area contributed by atoms with Gasteiger partial charge in [-0.1, -0.05) is 165 Å². The van der Waals surface area contributed by atoms with Gasteiger partial charge in [0.05, 0.1) is 12.3 Å². The van der Waals surface area contributed by atoms with Crippen molar-refractivity contribution in [1.29, 1.82) is 0 Å². The van der Waals surface area contributed by atoms with Gasteiger partial charge in [0.2, 0.25) is 0 Å². The summed E-state index contributed by atoms with van der Waals surface area (Å²) in [4.78, 5) is 0. The first kappa shape index (κ1) is 31.6. The van der Waals surface area contributed by atoms with Crippen molar-refractivity contribution in [3.8, 4) is 0 Å². The molecule has 0 N–H and O–H groups in total. The summed E-state index contributed by atoms with van der Waals surface area (Å²) in [6.07, 6.45) is 4.17. The van der Waals surface area contributed by atoms with Crippen LogP contribution < -0.4 is 26.3 Å². The fraction of sp³-hybridized carbons (Fsp3) is 0.179. The Hall–Kier alpha value is -2.82. The van der Waals surface area contributed by atoms with E-state index >= 15 is 0 Å². The molecule has 0 heterocycles. The first-order chi connectivity index (χ1) is 20.9. The molecule has 1 nitrogen and oxygen atoms in total. The number of benzene rings is 5. The third-order valence-electron chi connectivity index (χ3n) is 8.37. The second-order valence-electron chi connectivity index (χ2n) is 12.0. The van der Waals surface area contributed by atoms with Crippen molar-refractivity contribution in [3.05, 3.63) is 162 Å². The van der Waals surface area contributed by atoms with Gasteiger partial charge in [-0.05, 0) is 55.9 Å². The molecule has 43 heavy (non-hydrogen) atoms. The van der Waals surface area contributed by atoms with Gasteiger partial charge in [0.25, 0.3) is 8.32 Å². The van der Waals surface area contributed by atoms with Crippen molar-refractivity contribution in [3.63, 3.8) is 0 Å². The van der Waals surface area contributed by atoms with Crippen molar-refractivity contribution < 1.29 is 4.43 Å². The number of rotatable bonds is 11. The van der Waals surface area contributed by atoms with Crippen molar-refractivity contribution in [2.45, 2.75) is 38.3 Å². The summed E-state index contributed by atoms with van der Waals surface area (Å²) in [5, 5.41) is 6.78. The van der Waals surface area contributed by atoms with Crippen molar-refractivity contribution >= 4 is 64.5 Å². The highest BCUT2D eigenvalue weighted by Gasteiger charge is 2.52. The van der Waals surface area contributed by atoms with Crippen LogP contribution in [0, 0.1) is 0 Å². The van der Waals surface area contributed by atoms with E-state index in [1.807, 2.05) is 0 Å². The Morgan fingerprint density at radius 3 is 1.28 bits per heavy atom. The van der Waals surface area contributed by atoms with Gasteiger partial charge in [-0.2, -0.15) is 0 Å². The van der Waals surface area contributed by atoms with Crippen LogP contribution in [0.3, 0.4) is 0 Å². The Bertz CT molecular complexity index is 1430. The Kier molecular flexibility index (Phi) is 10.5. The molecule has 1 atom stereocenters. The third kappa shape index (κ3) is 6.66. The molecule has 218 valence electrons. The molecule has 5 aromatic carbocycles. The lowest BCUT2D eigenvalue weighted by atomic mass is 10.2. The average Bonchev–Trinajstić information content (AvgIpc) is 3.05. The van der Waals surface area contributed by atoms with E-state index in [9.17, 15) is 0 Å². The molecule has 0 unspecified atom stereocenters. The molecule has 0 amide bonds. The van der Waals surface area contributed by atoms with Crippen molar-refractivity contribution in [1.82, 2.24) is 0 Å². The maximum atomic E-state index is 7.68. The standard InChI is InChI=1S/C39H41IOPSi/c1-39(2,3)43(37-25-15-7-16-26-37,38-27-17-8-18-28-38)41-33(29-31-40)30-32-42(34-19-9-4-10-20-34,35-21-11-5-12-22-35)36-23-13-6-14-24-36/h4-29,31,33H,30,32H2,1-3H3/q+1/b31-29+/t33-/m0/s1. The molecule has 0 spiro atoms. The Morgan fingerprint density at radius 2 is 0.953 bits per heavy atom. The summed E-state index contributed by atoms with van der Waals surface area (Å²) >= 11 is 2.36. The van der Waals surface area contributed by atoms with Crippen LogP contribution in [0.15, 0.2) is 162 Å². The molecule has 0 radical (unpaired) electrons. The zero-order valence-electron chi connectivity index (χ0n) is 25.3. The zero-order chi connectivity index (χ0) is 30.2. The van der Waals surface area contributed by atoms with Gasteiger partial charge in [-0.3, -0.25) is 0 Å². The van der Waals surface area contributed by atoms with E-state index in [1.165, 1.54) is 26.3 Å². The van der Waals surface area contributed by atoms with E-state index in [-0.39, 0.29) is 11.1 Å². The first-order valence-corrected chi connectivity index (χ1v) is 20.2. The van der Waals surface area contributed by atoms with Crippen LogP contribution in [-0.4, -0.2) is 20.6 Å². The maximum Gasteiger partial charge on any atom is 0.261 e. The minimum absolute atomic E-state index is 0.0429. The zero-order valence-corrected chi connectivity index (χ0v) is 29.4. The summed E-state index contributed by atoms with van der Waals surface area (Å²) in [6, 6.07) is 55.5. The van der Waals surface area contributed by atoms with E-state index in [0.29, 0.717) is 0 Å². The smallest absolute Gasteiger partial charge is 0.261 e. The summed E-state index contributed by atoms with van der Waals surface area (Å²) in [5.74, 6) is 0. The SMILES string of the molecule is CC(C)(C)[Si](O[C@@H](/C=C/I)CC[P+](c1ccccc1)(c1ccccc1)c1ccccc1)(c1ccccc1)c1ccccc1. The van der Waals surface area contributed by atoms with Gasteiger partial charge < -0.3 is 4.43 Å². The van der Waals surface area contributed by atoms with Crippen LogP contribution in [0.2, 0.25) is 5.04 Å². The van der Waals surface area contributed by atoms with Gasteiger partial charge in [0, 0.05) is 6.42 Å². The quantitative estimate of drug-likeness (QED) is 0.0762. The highest BCUT2D eigenvalue weighted by molar-refractivity contribution is 14.1. The van der Waals surface area contributed by atoms with E-state index < -0.39 is 15.6 Å². The molecule has 5 aromatic rings. The van der Waals surface area contributed by atoms with Crippen LogP contribution in [0.4, 0.5) is 0 Å². The monoisotopic (exact) mass is 711 g/mol. The second kappa shape index (κ2) is 14.3. The fourth-order valence-electron chi connectivity index (χ4n) is 6.40. The van der Waals surface area contributed by atoms with Gasteiger partial charge >= 0.3 is 0 Å². The lowest BCUT2D eigenvalue weighted by Gasteiger charge is -2.45. The number of halogens is 1. The minimum atomic E-state index is -2.73. The van der Waals surface area contributed by atoms with Crippen LogP contribution >= 0.6 is 29.9 Å². The molecule has 0 aliphatic rings. The van der Waals surface area contributed by atoms with E-state index in [2.05, 4.69) is 205 Å². The van der Waals surface area contributed by atoms with Crippen LogP contribution in [0.5, 0.6) is 0 Å². The van der Waals surface area contributed by atoms with Gasteiger partial charge in [-0.15, -0.1) is 0 Å². The van der Waals surface area contributed by atoms with Crippen molar-refractivity contribution in [2.24, 2.45) is 0 Å². The molecule has 0 aliphatic carbocycles. The van der Waals surface area contributed by atoms with Crippen LogP contribution in [-0.2, 0) is 4.43 Å². The molecule has 0 fully saturated rings. The minimum Gasteiger partial charge on any atom is -0.401 e. The highest BCUT2D eigenvalue weighted by atomic mass is 127. The predicted octanol–water partition coefficient (Wildman–Crippen LogP) is 8.26. The number of hydrogen-bond donors (Lipinski definition) is 0. The lowest BCUT2D eigenvalue weighted by molar-refractivity contribution is 0.230. The van der Waals surface area contributed by atoms with Gasteiger partial charge in [0.1, 0.15) is 23.2 Å². The van der Waals surface area contributed by atoms with Crippen molar-refractivity contribution in [2.75, 3.05) is 6.16 Å². The summed E-state index contributed by atoms with van der Waals surface area (Å²) < 4.78 is 9.83. The fourth-order valence-corrected chi connectivity index (χ4v) is 15.9. The predicted molar refractivity (Wildman–Crippen MR) is 200 cm³/mol. The van der Waals surface area contributed by atoms with E-state index in [4.69, 9.17) is 4.43 Å². The van der Waals surface area contributed by atoms with Gasteiger partial charge in [-0.25, -0.2) is 0 Å². The Labute approximate surface area is 273 Å². The molecular formula is C39H41IOPSi+. The van der Waals surface area contributed by atoms with E-state index in [1.54, 1.807) is 0 Å². The topological polar surface area (TPSA) is 9.23 Å². The lowest BCUT2D eigenvalue weighted by Crippen LogP contribution is -2.67. The molecule has 0 aliphatic heterocycles. The highest BCUT2D eigenvalue weighted by Crippen LogP contribution is 2.56. The normalized spacial score (nSPS) is 13.2. The summed E-state index contributed by atoms with van der Waals surface area (Å²) in [6.45, 7) is 7.08. The molecule has 4 heteroatoms. The third-order valence-corrected chi connectivity index (χ3v) is 18.3. The number of hydrogen-bond acceptors (Lipinski definition) is 1. The van der Waals surface area contributed by atoms with Crippen LogP contribution in [0.25, 0.3) is 0 Å². The molecule has 0 saturated carbocycles. The molecular weight excluding hydrogens is 670 g/mol. The maximum absolute atomic E-state index is 7.68. The average molecular weight is 712 g/mol. The van der Waals surface area contributed by atoms with E-state index in [0.717, 1.165) is 12.6 Å². The Morgan fingerprint density at radius 1 is 0.605 bits per heavy atom. The first-order valence-electron chi connectivity index (χ1n) is 15.0. The molecule has 0 bridgehead atoms. The van der Waals surface area contributed by atoms with Crippen LogP contribution in [0.1, 0.15) is 27.2 Å². The largest absolute Gasteiger partial charge is 0.401 e. The Balaban J connectivity index is 1.64. The summed E-state index contributed by atoms with van der Waals surface area (Å²) in [5.41, 5.74) is 0. The van der Waals surface area contributed by atoms with Gasteiger partial charge in [0.15, 0.2) is 0 Å². The second-order valence-corrected chi connectivity index (χ2v) is 20.6. The summed E-state index contributed by atoms with van der Waals surface area (Å²) in [7, 11) is -4.71. The molecule has 0 saturated heterocycles.